The van der Waals surface area contributed by atoms with Gasteiger partial charge >= 0.3 is 18.9 Å². The molecule has 0 unspecified atom stereocenters. The molecule has 0 saturated heterocycles. The molecule has 0 aliphatic carbocycles. The van der Waals surface area contributed by atoms with Gasteiger partial charge in [0.1, 0.15) is 0 Å². The summed E-state index contributed by atoms with van der Waals surface area (Å²) in [4.78, 5) is 0. The summed E-state index contributed by atoms with van der Waals surface area (Å²) in [7, 11) is 0. The van der Waals surface area contributed by atoms with Gasteiger partial charge in [0.05, 0.1) is 0 Å². The van der Waals surface area contributed by atoms with Crippen molar-refractivity contribution >= 4 is 18.9 Å². The van der Waals surface area contributed by atoms with Gasteiger partial charge in [-0.05, 0) is 12.1 Å². The quantitative estimate of drug-likeness (QED) is 0.626. The summed E-state index contributed by atoms with van der Waals surface area (Å²) in [6.07, 6.45) is 0. The van der Waals surface area contributed by atoms with Crippen molar-refractivity contribution in [3.63, 3.8) is 0 Å². The Morgan fingerprint density at radius 3 is 2.36 bits per heavy atom. The zero-order valence-electron chi connectivity index (χ0n) is 6.30. The molecule has 0 fully saturated rings. The second kappa shape index (κ2) is 6.49. The van der Waals surface area contributed by atoms with Gasteiger partial charge in [-0.3, -0.25) is 0 Å². The van der Waals surface area contributed by atoms with Crippen molar-refractivity contribution in [2.45, 2.75) is 13.5 Å². The minimum atomic E-state index is 0. The van der Waals surface area contributed by atoms with Crippen LogP contribution in [0, 0.1) is 0 Å². The Morgan fingerprint density at radius 1 is 1.18 bits per heavy atom. The molecule has 1 aromatic rings. The van der Waals surface area contributed by atoms with Crippen molar-refractivity contribution in [2.24, 2.45) is 0 Å². The Morgan fingerprint density at radius 2 is 1.82 bits per heavy atom. The Kier molecular flexibility index (Phi) is 6.35. The Balaban J connectivity index is 0.000001000. The van der Waals surface area contributed by atoms with Crippen molar-refractivity contribution in [3.8, 4) is 0 Å². The average molecular weight is 143 g/mol. The van der Waals surface area contributed by atoms with Gasteiger partial charge in [0.2, 0.25) is 0 Å². The number of rotatable bonds is 3. The van der Waals surface area contributed by atoms with Crippen molar-refractivity contribution in [3.05, 3.63) is 35.9 Å². The summed E-state index contributed by atoms with van der Waals surface area (Å²) in [5, 5.41) is 3.26. The van der Waals surface area contributed by atoms with E-state index in [1.54, 1.807) is 0 Å². The molecule has 0 spiro atoms. The Hall–Kier alpha value is -0.223. The second-order valence-electron chi connectivity index (χ2n) is 2.27. The average Bonchev–Trinajstić information content (AvgIpc) is 2.03. The van der Waals surface area contributed by atoms with Gasteiger partial charge in [-0.25, -0.2) is 0 Å². The van der Waals surface area contributed by atoms with Crippen LogP contribution in [0.5, 0.6) is 0 Å². The first-order chi connectivity index (χ1) is 4.93. The van der Waals surface area contributed by atoms with Crippen LogP contribution in [0.4, 0.5) is 0 Å². The normalized spacial score (nSPS) is 8.82. The van der Waals surface area contributed by atoms with E-state index in [4.69, 9.17) is 0 Å². The topological polar surface area (TPSA) is 12.0 Å². The van der Waals surface area contributed by atoms with Crippen LogP contribution in [-0.2, 0) is 6.54 Å². The number of hydrogen-bond acceptors (Lipinski definition) is 1. The van der Waals surface area contributed by atoms with E-state index in [9.17, 15) is 0 Å². The first-order valence-corrected chi connectivity index (χ1v) is 3.68. The first kappa shape index (κ1) is 10.8. The summed E-state index contributed by atoms with van der Waals surface area (Å²) >= 11 is 0. The van der Waals surface area contributed by atoms with Gasteiger partial charge in [0, 0.05) is 6.54 Å². The van der Waals surface area contributed by atoms with Gasteiger partial charge in [-0.2, -0.15) is 0 Å². The third-order valence-electron chi connectivity index (χ3n) is 1.42. The summed E-state index contributed by atoms with van der Waals surface area (Å²) in [6, 6.07) is 10.4. The Labute approximate surface area is 80.4 Å². The standard InChI is InChI=1S/C9H13N.Li.H/c1-2-10-8-9-6-4-3-5-7-9;;/h3-7,10H,2,8H2,1H3;;. The molecule has 1 aromatic carbocycles. The molecule has 56 valence electrons. The van der Waals surface area contributed by atoms with Crippen LogP contribution >= 0.6 is 0 Å². The monoisotopic (exact) mass is 143 g/mol. The predicted molar refractivity (Wildman–Crippen MR) is 51.0 cm³/mol. The molecule has 0 aliphatic heterocycles. The summed E-state index contributed by atoms with van der Waals surface area (Å²) in [6.45, 7) is 4.13. The number of hydrogen-bond donors (Lipinski definition) is 1. The zero-order valence-corrected chi connectivity index (χ0v) is 6.30. The second-order valence-corrected chi connectivity index (χ2v) is 2.27. The van der Waals surface area contributed by atoms with Crippen molar-refractivity contribution in [2.75, 3.05) is 6.54 Å². The third kappa shape index (κ3) is 4.26. The van der Waals surface area contributed by atoms with E-state index in [1.165, 1.54) is 5.56 Å². The maximum absolute atomic E-state index is 3.26. The van der Waals surface area contributed by atoms with Crippen molar-refractivity contribution in [1.29, 1.82) is 0 Å². The van der Waals surface area contributed by atoms with E-state index in [0.29, 0.717) is 0 Å². The maximum atomic E-state index is 3.26. The third-order valence-corrected chi connectivity index (χ3v) is 1.42. The molecule has 1 N–H and O–H groups in total. The molecular formula is C9H14LiN. The van der Waals surface area contributed by atoms with Crippen LogP contribution in [0.25, 0.3) is 0 Å². The molecule has 1 rings (SSSR count). The number of nitrogens with one attached hydrogen (secondary N) is 1. The van der Waals surface area contributed by atoms with Crippen LogP contribution in [-0.4, -0.2) is 25.4 Å². The van der Waals surface area contributed by atoms with Gasteiger partial charge in [0.15, 0.2) is 0 Å². The van der Waals surface area contributed by atoms with Gasteiger partial charge in [-0.15, -0.1) is 0 Å². The predicted octanol–water partition coefficient (Wildman–Crippen LogP) is 1.15. The zero-order chi connectivity index (χ0) is 7.23. The van der Waals surface area contributed by atoms with Crippen LogP contribution in [0.1, 0.15) is 12.5 Å². The van der Waals surface area contributed by atoms with Crippen LogP contribution in [0.2, 0.25) is 0 Å². The van der Waals surface area contributed by atoms with E-state index in [1.807, 2.05) is 6.07 Å². The van der Waals surface area contributed by atoms with Crippen molar-refractivity contribution < 1.29 is 0 Å². The molecular weight excluding hydrogens is 129 g/mol. The van der Waals surface area contributed by atoms with Gasteiger partial charge in [-0.1, -0.05) is 37.3 Å². The fourth-order valence-electron chi connectivity index (χ4n) is 0.865. The fraction of sp³-hybridized carbons (Fsp3) is 0.333. The van der Waals surface area contributed by atoms with E-state index in [0.717, 1.165) is 13.1 Å². The van der Waals surface area contributed by atoms with Gasteiger partial charge in [0.25, 0.3) is 0 Å². The molecule has 0 saturated carbocycles. The molecule has 2 heteroatoms. The van der Waals surface area contributed by atoms with Crippen LogP contribution < -0.4 is 5.32 Å². The van der Waals surface area contributed by atoms with E-state index < -0.39 is 0 Å². The number of benzene rings is 1. The summed E-state index contributed by atoms with van der Waals surface area (Å²) in [5.74, 6) is 0. The fourth-order valence-corrected chi connectivity index (χ4v) is 0.865. The minimum absolute atomic E-state index is 0. The molecule has 11 heavy (non-hydrogen) atoms. The molecule has 0 bridgehead atoms. The van der Waals surface area contributed by atoms with Crippen LogP contribution in [0.3, 0.4) is 0 Å². The summed E-state index contributed by atoms with van der Waals surface area (Å²) in [5.41, 5.74) is 1.35. The van der Waals surface area contributed by atoms with E-state index in [2.05, 4.69) is 36.5 Å². The molecule has 0 amide bonds. The molecule has 0 aliphatic rings. The van der Waals surface area contributed by atoms with E-state index >= 15 is 0 Å². The van der Waals surface area contributed by atoms with Gasteiger partial charge < -0.3 is 5.32 Å². The van der Waals surface area contributed by atoms with Crippen molar-refractivity contribution in [1.82, 2.24) is 5.32 Å². The van der Waals surface area contributed by atoms with E-state index in [-0.39, 0.29) is 18.9 Å². The Bertz CT molecular complexity index is 174. The first-order valence-electron chi connectivity index (χ1n) is 3.68. The molecule has 0 radical (unpaired) electrons. The molecule has 0 heterocycles. The molecule has 0 atom stereocenters. The summed E-state index contributed by atoms with van der Waals surface area (Å²) < 4.78 is 0. The molecule has 0 aromatic heterocycles. The molecule has 1 nitrogen and oxygen atoms in total. The van der Waals surface area contributed by atoms with Crippen LogP contribution in [0.15, 0.2) is 30.3 Å². The SMILES string of the molecule is CCNCc1ccccc1.[LiH].